The minimum atomic E-state index is 0.684. The molecule has 0 radical (unpaired) electrons. The van der Waals surface area contributed by atoms with Crippen LogP contribution < -0.4 is 14.8 Å². The largest absolute Gasteiger partial charge is 0.493 e. The minimum Gasteiger partial charge on any atom is -0.493 e. The Bertz CT molecular complexity index is 585. The summed E-state index contributed by atoms with van der Waals surface area (Å²) in [5, 5.41) is 3.05. The normalized spacial score (nSPS) is 10.1. The molecule has 1 aromatic carbocycles. The standard InChI is InChI=1S/C14H17N3O2/c1-9-13(16-8-17-14(9)15-2)10-5-6-11(18-3)12(7-10)19-4/h5-8H,1-4H3,(H,15,16,17). The Hall–Kier alpha value is -2.30. The Kier molecular flexibility index (Phi) is 3.85. The smallest absolute Gasteiger partial charge is 0.161 e. The molecule has 0 saturated heterocycles. The Morgan fingerprint density at radius 3 is 2.42 bits per heavy atom. The van der Waals surface area contributed by atoms with Gasteiger partial charge >= 0.3 is 0 Å². The number of rotatable bonds is 4. The fourth-order valence-corrected chi connectivity index (χ4v) is 1.98. The molecule has 2 rings (SSSR count). The predicted molar refractivity (Wildman–Crippen MR) is 74.9 cm³/mol. The van der Waals surface area contributed by atoms with E-state index in [0.717, 1.165) is 22.6 Å². The fourth-order valence-electron chi connectivity index (χ4n) is 1.98. The first-order valence-electron chi connectivity index (χ1n) is 5.93. The molecule has 0 amide bonds. The highest BCUT2D eigenvalue weighted by atomic mass is 16.5. The van der Waals surface area contributed by atoms with E-state index < -0.39 is 0 Å². The maximum Gasteiger partial charge on any atom is 0.161 e. The summed E-state index contributed by atoms with van der Waals surface area (Å²) in [4.78, 5) is 8.52. The van der Waals surface area contributed by atoms with Crippen molar-refractivity contribution < 1.29 is 9.47 Å². The molecule has 0 aliphatic carbocycles. The molecule has 0 fully saturated rings. The number of nitrogens with zero attached hydrogens (tertiary/aromatic N) is 2. The average Bonchev–Trinajstić information content (AvgIpc) is 2.46. The molecule has 5 nitrogen and oxygen atoms in total. The van der Waals surface area contributed by atoms with E-state index in [-0.39, 0.29) is 0 Å². The van der Waals surface area contributed by atoms with Crippen LogP contribution in [0.15, 0.2) is 24.5 Å². The molecule has 0 aliphatic heterocycles. The lowest BCUT2D eigenvalue weighted by Gasteiger charge is -2.12. The molecule has 0 spiro atoms. The van der Waals surface area contributed by atoms with Crippen molar-refractivity contribution in [2.75, 3.05) is 26.6 Å². The van der Waals surface area contributed by atoms with Crippen LogP contribution in [0.2, 0.25) is 0 Å². The highest BCUT2D eigenvalue weighted by Gasteiger charge is 2.11. The first-order valence-corrected chi connectivity index (χ1v) is 5.93. The molecule has 100 valence electrons. The van der Waals surface area contributed by atoms with E-state index >= 15 is 0 Å². The van der Waals surface area contributed by atoms with Gasteiger partial charge < -0.3 is 14.8 Å². The zero-order valence-electron chi connectivity index (χ0n) is 11.5. The third-order valence-corrected chi connectivity index (χ3v) is 2.98. The fraction of sp³-hybridized carbons (Fsp3) is 0.286. The summed E-state index contributed by atoms with van der Waals surface area (Å²) in [6, 6.07) is 5.73. The lowest BCUT2D eigenvalue weighted by Crippen LogP contribution is -1.99. The molecule has 19 heavy (non-hydrogen) atoms. The van der Waals surface area contributed by atoms with Gasteiger partial charge in [-0.2, -0.15) is 0 Å². The van der Waals surface area contributed by atoms with Gasteiger partial charge in [-0.15, -0.1) is 0 Å². The van der Waals surface area contributed by atoms with Crippen LogP contribution in [0.1, 0.15) is 5.56 Å². The zero-order valence-corrected chi connectivity index (χ0v) is 11.5. The van der Waals surface area contributed by atoms with Crippen LogP contribution in [0.3, 0.4) is 0 Å². The average molecular weight is 259 g/mol. The molecule has 0 unspecified atom stereocenters. The maximum absolute atomic E-state index is 5.31. The Labute approximate surface area is 112 Å². The van der Waals surface area contributed by atoms with E-state index in [1.54, 1.807) is 20.5 Å². The van der Waals surface area contributed by atoms with Gasteiger partial charge in [0.15, 0.2) is 11.5 Å². The zero-order chi connectivity index (χ0) is 13.8. The van der Waals surface area contributed by atoms with E-state index in [9.17, 15) is 0 Å². The van der Waals surface area contributed by atoms with Gasteiger partial charge in [0.05, 0.1) is 19.9 Å². The maximum atomic E-state index is 5.31. The SMILES string of the molecule is CNc1ncnc(-c2ccc(OC)c(OC)c2)c1C. The van der Waals surface area contributed by atoms with E-state index in [4.69, 9.17) is 9.47 Å². The Morgan fingerprint density at radius 2 is 1.79 bits per heavy atom. The number of methoxy groups -OCH3 is 2. The molecular formula is C14H17N3O2. The molecule has 5 heteroatoms. The number of ether oxygens (including phenoxy) is 2. The Balaban J connectivity index is 2.53. The lowest BCUT2D eigenvalue weighted by atomic mass is 10.1. The summed E-state index contributed by atoms with van der Waals surface area (Å²) in [6.45, 7) is 1.98. The summed E-state index contributed by atoms with van der Waals surface area (Å²) in [6.07, 6.45) is 1.55. The number of benzene rings is 1. The molecule has 0 saturated carbocycles. The third kappa shape index (κ3) is 2.45. The van der Waals surface area contributed by atoms with Crippen LogP contribution >= 0.6 is 0 Å². The molecule has 1 aromatic heterocycles. The molecular weight excluding hydrogens is 242 g/mol. The number of anilines is 1. The second kappa shape index (κ2) is 5.56. The van der Waals surface area contributed by atoms with E-state index in [0.29, 0.717) is 11.5 Å². The highest BCUT2D eigenvalue weighted by molar-refractivity contribution is 5.70. The molecule has 0 atom stereocenters. The minimum absolute atomic E-state index is 0.684. The van der Waals surface area contributed by atoms with Gasteiger partial charge in [0.25, 0.3) is 0 Å². The molecule has 1 heterocycles. The monoisotopic (exact) mass is 259 g/mol. The summed E-state index contributed by atoms with van der Waals surface area (Å²) in [7, 11) is 5.08. The first kappa shape index (κ1) is 13.1. The van der Waals surface area contributed by atoms with Crippen LogP contribution in [-0.2, 0) is 0 Å². The molecule has 1 N–H and O–H groups in total. The van der Waals surface area contributed by atoms with E-state index in [1.165, 1.54) is 0 Å². The first-order chi connectivity index (χ1) is 9.21. The van der Waals surface area contributed by atoms with Crippen LogP contribution in [0.5, 0.6) is 11.5 Å². The quantitative estimate of drug-likeness (QED) is 0.914. The number of aromatic nitrogens is 2. The van der Waals surface area contributed by atoms with Crippen molar-refractivity contribution in [2.45, 2.75) is 6.92 Å². The van der Waals surface area contributed by atoms with Gasteiger partial charge in [-0.1, -0.05) is 0 Å². The van der Waals surface area contributed by atoms with Crippen molar-refractivity contribution >= 4 is 5.82 Å². The topological polar surface area (TPSA) is 56.3 Å². The van der Waals surface area contributed by atoms with Crippen molar-refractivity contribution in [3.8, 4) is 22.8 Å². The second-order valence-electron chi connectivity index (χ2n) is 4.02. The van der Waals surface area contributed by atoms with E-state index in [2.05, 4.69) is 15.3 Å². The summed E-state index contributed by atoms with van der Waals surface area (Å²) in [5.41, 5.74) is 2.84. The van der Waals surface area contributed by atoms with Crippen LogP contribution in [0.25, 0.3) is 11.3 Å². The number of hydrogen-bond acceptors (Lipinski definition) is 5. The van der Waals surface area contributed by atoms with Gasteiger partial charge in [0, 0.05) is 18.2 Å². The Morgan fingerprint density at radius 1 is 1.05 bits per heavy atom. The van der Waals surface area contributed by atoms with Crippen molar-refractivity contribution in [2.24, 2.45) is 0 Å². The van der Waals surface area contributed by atoms with E-state index in [1.807, 2.05) is 32.2 Å². The highest BCUT2D eigenvalue weighted by Crippen LogP contribution is 2.33. The molecule has 2 aromatic rings. The molecule has 0 bridgehead atoms. The lowest BCUT2D eigenvalue weighted by molar-refractivity contribution is 0.355. The van der Waals surface area contributed by atoms with Gasteiger partial charge in [-0.3, -0.25) is 0 Å². The van der Waals surface area contributed by atoms with Gasteiger partial charge in [0.2, 0.25) is 0 Å². The van der Waals surface area contributed by atoms with Crippen molar-refractivity contribution in [3.63, 3.8) is 0 Å². The van der Waals surface area contributed by atoms with Gasteiger partial charge in [-0.05, 0) is 25.1 Å². The molecule has 0 aliphatic rings. The van der Waals surface area contributed by atoms with Crippen molar-refractivity contribution in [3.05, 3.63) is 30.1 Å². The number of hydrogen-bond donors (Lipinski definition) is 1. The summed E-state index contributed by atoms with van der Waals surface area (Å²) >= 11 is 0. The third-order valence-electron chi connectivity index (χ3n) is 2.98. The number of nitrogens with one attached hydrogen (secondary N) is 1. The van der Waals surface area contributed by atoms with Crippen LogP contribution in [0.4, 0.5) is 5.82 Å². The summed E-state index contributed by atoms with van der Waals surface area (Å²) < 4.78 is 10.5. The predicted octanol–water partition coefficient (Wildman–Crippen LogP) is 2.51. The van der Waals surface area contributed by atoms with Gasteiger partial charge in [0.1, 0.15) is 12.1 Å². The second-order valence-corrected chi connectivity index (χ2v) is 4.02. The van der Waals surface area contributed by atoms with Gasteiger partial charge in [-0.25, -0.2) is 9.97 Å². The van der Waals surface area contributed by atoms with Crippen LogP contribution in [0, 0.1) is 6.92 Å². The van der Waals surface area contributed by atoms with Crippen molar-refractivity contribution in [1.29, 1.82) is 0 Å². The van der Waals surface area contributed by atoms with Crippen molar-refractivity contribution in [1.82, 2.24) is 9.97 Å². The summed E-state index contributed by atoms with van der Waals surface area (Å²) in [5.74, 6) is 2.20. The van der Waals surface area contributed by atoms with Crippen LogP contribution in [-0.4, -0.2) is 31.2 Å².